The maximum Gasteiger partial charge on any atom is 0.251 e. The van der Waals surface area contributed by atoms with Gasteiger partial charge in [-0.1, -0.05) is 29.8 Å². The molecule has 0 spiro atoms. The van der Waals surface area contributed by atoms with Gasteiger partial charge in [0, 0.05) is 12.1 Å². The fourth-order valence-corrected chi connectivity index (χ4v) is 3.41. The van der Waals surface area contributed by atoms with Gasteiger partial charge in [-0.3, -0.25) is 4.79 Å². The predicted molar refractivity (Wildman–Crippen MR) is 108 cm³/mol. The molecule has 4 nitrogen and oxygen atoms in total. The summed E-state index contributed by atoms with van der Waals surface area (Å²) in [5.74, 6) is 1.48. The largest absolute Gasteiger partial charge is 0.457 e. The van der Waals surface area contributed by atoms with Crippen LogP contribution in [0, 0.1) is 6.92 Å². The fraction of sp³-hybridized carbons (Fsp3) is 0.0909. The smallest absolute Gasteiger partial charge is 0.251 e. The Morgan fingerprint density at radius 1 is 1.00 bits per heavy atom. The van der Waals surface area contributed by atoms with E-state index in [0.29, 0.717) is 12.1 Å². The Labute approximate surface area is 161 Å². The molecule has 134 valence electrons. The molecule has 27 heavy (non-hydrogen) atoms. The van der Waals surface area contributed by atoms with Gasteiger partial charge in [0.25, 0.3) is 5.91 Å². The van der Waals surface area contributed by atoms with Crippen LogP contribution in [0.5, 0.6) is 11.5 Å². The first-order valence-electron chi connectivity index (χ1n) is 8.62. The van der Waals surface area contributed by atoms with Crippen LogP contribution in [0.25, 0.3) is 10.2 Å². The van der Waals surface area contributed by atoms with Gasteiger partial charge in [0.2, 0.25) is 0 Å². The first kappa shape index (κ1) is 17.2. The van der Waals surface area contributed by atoms with E-state index in [9.17, 15) is 4.79 Å². The Morgan fingerprint density at radius 2 is 1.70 bits per heavy atom. The summed E-state index contributed by atoms with van der Waals surface area (Å²) in [6.07, 6.45) is 0. The number of benzene rings is 3. The Balaban J connectivity index is 1.36. The second kappa shape index (κ2) is 7.60. The molecule has 5 heteroatoms. The molecule has 0 aliphatic rings. The third-order valence-electron chi connectivity index (χ3n) is 4.23. The second-order valence-corrected chi connectivity index (χ2v) is 7.16. The van der Waals surface area contributed by atoms with Gasteiger partial charge < -0.3 is 10.1 Å². The van der Waals surface area contributed by atoms with Gasteiger partial charge in [-0.25, -0.2) is 4.98 Å². The number of fused-ring (bicyclic) bond motifs is 1. The Morgan fingerprint density at radius 3 is 2.44 bits per heavy atom. The summed E-state index contributed by atoms with van der Waals surface area (Å²) >= 11 is 1.53. The maximum atomic E-state index is 12.4. The van der Waals surface area contributed by atoms with E-state index in [4.69, 9.17) is 4.74 Å². The van der Waals surface area contributed by atoms with Crippen LogP contribution in [0.2, 0.25) is 0 Å². The number of hydrogen-bond donors (Lipinski definition) is 1. The number of aryl methyl sites for hydroxylation is 1. The Bertz CT molecular complexity index is 1070. The lowest BCUT2D eigenvalue weighted by molar-refractivity contribution is 0.0951. The highest BCUT2D eigenvalue weighted by Gasteiger charge is 2.07. The van der Waals surface area contributed by atoms with E-state index in [1.807, 2.05) is 67.6 Å². The van der Waals surface area contributed by atoms with Crippen molar-refractivity contribution in [1.82, 2.24) is 10.3 Å². The van der Waals surface area contributed by atoms with E-state index < -0.39 is 0 Å². The van der Waals surface area contributed by atoms with Crippen LogP contribution in [-0.2, 0) is 6.54 Å². The molecule has 0 saturated carbocycles. The number of carbonyl (C=O) groups is 1. The third-order valence-corrected chi connectivity index (χ3v) is 5.02. The molecule has 1 aromatic heterocycles. The van der Waals surface area contributed by atoms with Gasteiger partial charge in [-0.15, -0.1) is 11.3 Å². The molecular weight excluding hydrogens is 356 g/mol. The number of amides is 1. The van der Waals surface area contributed by atoms with Gasteiger partial charge in [0.15, 0.2) is 0 Å². The molecular formula is C22H18N2O2S. The Hall–Kier alpha value is -3.18. The van der Waals surface area contributed by atoms with Crippen molar-refractivity contribution in [3.8, 4) is 11.5 Å². The van der Waals surface area contributed by atoms with Crippen LogP contribution in [0.4, 0.5) is 0 Å². The molecule has 0 atom stereocenters. The lowest BCUT2D eigenvalue weighted by Crippen LogP contribution is -2.22. The van der Waals surface area contributed by atoms with Crippen molar-refractivity contribution in [3.63, 3.8) is 0 Å². The average molecular weight is 374 g/mol. The van der Waals surface area contributed by atoms with Crippen molar-refractivity contribution in [2.45, 2.75) is 13.5 Å². The van der Waals surface area contributed by atoms with E-state index in [0.717, 1.165) is 27.3 Å². The number of rotatable bonds is 5. The first-order chi connectivity index (χ1) is 13.2. The number of thiazole rings is 1. The molecule has 0 bridgehead atoms. The highest BCUT2D eigenvalue weighted by molar-refractivity contribution is 7.16. The normalized spacial score (nSPS) is 10.7. The predicted octanol–water partition coefficient (Wildman–Crippen LogP) is 5.33. The van der Waals surface area contributed by atoms with Gasteiger partial charge in [0.1, 0.15) is 11.5 Å². The van der Waals surface area contributed by atoms with Gasteiger partial charge in [-0.05, 0) is 55.0 Å². The lowest BCUT2D eigenvalue weighted by atomic mass is 10.2. The summed E-state index contributed by atoms with van der Waals surface area (Å²) in [6, 6.07) is 21.2. The van der Waals surface area contributed by atoms with Crippen LogP contribution in [0.1, 0.15) is 21.5 Å². The van der Waals surface area contributed by atoms with Crippen molar-refractivity contribution < 1.29 is 9.53 Å². The summed E-state index contributed by atoms with van der Waals surface area (Å²) in [6.45, 7) is 2.51. The van der Waals surface area contributed by atoms with Crippen LogP contribution in [0.3, 0.4) is 0 Å². The molecule has 0 aliphatic heterocycles. The summed E-state index contributed by atoms with van der Waals surface area (Å²) < 4.78 is 6.84. The first-order valence-corrected chi connectivity index (χ1v) is 9.50. The molecule has 0 fully saturated rings. The van der Waals surface area contributed by atoms with Crippen molar-refractivity contribution in [2.24, 2.45) is 0 Å². The Kier molecular flexibility index (Phi) is 4.85. The molecule has 4 aromatic rings. The number of nitrogens with zero attached hydrogens (tertiary/aromatic N) is 1. The van der Waals surface area contributed by atoms with E-state index in [2.05, 4.69) is 10.3 Å². The molecule has 0 saturated heterocycles. The minimum absolute atomic E-state index is 0.0923. The minimum Gasteiger partial charge on any atom is -0.457 e. The van der Waals surface area contributed by atoms with Crippen LogP contribution < -0.4 is 10.1 Å². The summed E-state index contributed by atoms with van der Waals surface area (Å²) in [7, 11) is 0. The topological polar surface area (TPSA) is 51.2 Å². The van der Waals surface area contributed by atoms with Crippen molar-refractivity contribution in [3.05, 3.63) is 88.9 Å². The van der Waals surface area contributed by atoms with E-state index in [1.54, 1.807) is 11.6 Å². The molecule has 4 rings (SSSR count). The van der Waals surface area contributed by atoms with E-state index in [-0.39, 0.29) is 5.91 Å². The minimum atomic E-state index is -0.0923. The number of carbonyl (C=O) groups excluding carboxylic acids is 1. The van der Waals surface area contributed by atoms with Crippen LogP contribution >= 0.6 is 11.3 Å². The maximum absolute atomic E-state index is 12.4. The summed E-state index contributed by atoms with van der Waals surface area (Å²) in [4.78, 5) is 16.6. The lowest BCUT2D eigenvalue weighted by Gasteiger charge is -2.08. The number of hydrogen-bond acceptors (Lipinski definition) is 4. The third kappa shape index (κ3) is 4.15. The molecule has 0 aliphatic carbocycles. The number of nitrogens with one attached hydrogen (secondary N) is 1. The highest BCUT2D eigenvalue weighted by Crippen LogP contribution is 2.22. The quantitative estimate of drug-likeness (QED) is 0.514. The fourth-order valence-electron chi connectivity index (χ4n) is 2.70. The van der Waals surface area contributed by atoms with Gasteiger partial charge in [0.05, 0.1) is 15.7 Å². The second-order valence-electron chi connectivity index (χ2n) is 6.28. The molecule has 3 aromatic carbocycles. The van der Waals surface area contributed by atoms with Gasteiger partial charge in [-0.2, -0.15) is 0 Å². The summed E-state index contributed by atoms with van der Waals surface area (Å²) in [5.41, 5.74) is 5.56. The van der Waals surface area contributed by atoms with Crippen molar-refractivity contribution in [2.75, 3.05) is 0 Å². The average Bonchev–Trinajstić information content (AvgIpc) is 3.17. The molecule has 0 radical (unpaired) electrons. The monoisotopic (exact) mass is 374 g/mol. The van der Waals surface area contributed by atoms with Crippen molar-refractivity contribution >= 4 is 27.5 Å². The molecule has 0 unspecified atom stereocenters. The van der Waals surface area contributed by atoms with Crippen LogP contribution in [0.15, 0.2) is 72.2 Å². The van der Waals surface area contributed by atoms with Crippen molar-refractivity contribution in [1.29, 1.82) is 0 Å². The summed E-state index contributed by atoms with van der Waals surface area (Å²) in [5, 5.41) is 2.95. The number of ether oxygens (including phenoxy) is 1. The van der Waals surface area contributed by atoms with E-state index in [1.165, 1.54) is 16.9 Å². The van der Waals surface area contributed by atoms with E-state index >= 15 is 0 Å². The zero-order valence-electron chi connectivity index (χ0n) is 14.8. The molecule has 1 amide bonds. The molecule has 1 heterocycles. The standard InChI is InChI=1S/C22H18N2O2S/c1-15-2-7-18(8-3-15)26-19-9-4-16(5-10-19)13-23-22(25)17-6-11-20-21(12-17)27-14-24-20/h2-12,14H,13H2,1H3,(H,23,25). The SMILES string of the molecule is Cc1ccc(Oc2ccc(CNC(=O)c3ccc4ncsc4c3)cc2)cc1. The highest BCUT2D eigenvalue weighted by atomic mass is 32.1. The zero-order chi connectivity index (χ0) is 18.6. The van der Waals surface area contributed by atoms with Gasteiger partial charge >= 0.3 is 0 Å². The molecule has 1 N–H and O–H groups in total. The number of aromatic nitrogens is 1. The zero-order valence-corrected chi connectivity index (χ0v) is 15.6. The van der Waals surface area contributed by atoms with Crippen LogP contribution in [-0.4, -0.2) is 10.9 Å².